The molecule has 0 aliphatic carbocycles. The Hall–Kier alpha value is -2.21. The minimum Gasteiger partial charge on any atom is -0.349 e. The smallest absolute Gasteiger partial charge is 0.222 e. The van der Waals surface area contributed by atoms with Gasteiger partial charge < -0.3 is 5.32 Å². The fourth-order valence-electron chi connectivity index (χ4n) is 2.29. The molecule has 0 saturated carbocycles. The maximum absolute atomic E-state index is 12.0. The molecule has 0 fully saturated rings. The molecule has 3 aromatic rings. The highest BCUT2D eigenvalue weighted by Gasteiger charge is 2.13. The summed E-state index contributed by atoms with van der Waals surface area (Å²) >= 11 is 1.71. The zero-order chi connectivity index (χ0) is 14.7. The third-order valence-electron chi connectivity index (χ3n) is 3.39. The van der Waals surface area contributed by atoms with Crippen molar-refractivity contribution in [3.63, 3.8) is 0 Å². The van der Waals surface area contributed by atoms with Crippen LogP contribution in [0.3, 0.4) is 0 Å². The summed E-state index contributed by atoms with van der Waals surface area (Å²) in [7, 11) is 0. The van der Waals surface area contributed by atoms with Crippen LogP contribution in [-0.2, 0) is 11.3 Å². The molecule has 2 aromatic heterocycles. The fraction of sp³-hybridized carbons (Fsp3) is 0.267. The maximum Gasteiger partial charge on any atom is 0.222 e. The fourth-order valence-corrected chi connectivity index (χ4v) is 3.34. The van der Waals surface area contributed by atoms with Gasteiger partial charge in [-0.2, -0.15) is 5.10 Å². The molecular weight excluding hydrogens is 284 g/mol. The van der Waals surface area contributed by atoms with Crippen molar-refractivity contribution >= 4 is 27.3 Å². The van der Waals surface area contributed by atoms with Crippen LogP contribution in [0, 0.1) is 0 Å². The third-order valence-corrected chi connectivity index (χ3v) is 4.37. The van der Waals surface area contributed by atoms with Gasteiger partial charge >= 0.3 is 0 Å². The summed E-state index contributed by atoms with van der Waals surface area (Å²) in [5.74, 6) is 0.0216. The van der Waals surface area contributed by atoms with Crippen LogP contribution >= 0.6 is 11.3 Å². The third kappa shape index (κ3) is 3.11. The van der Waals surface area contributed by atoms with E-state index in [-0.39, 0.29) is 11.9 Å². The topological polar surface area (TPSA) is 59.8 Å². The number of hydrogen-bond acceptors (Lipinski definition) is 4. The van der Waals surface area contributed by atoms with E-state index in [1.165, 1.54) is 22.0 Å². The van der Waals surface area contributed by atoms with E-state index in [0.29, 0.717) is 13.0 Å². The van der Waals surface area contributed by atoms with E-state index in [4.69, 9.17) is 0 Å². The van der Waals surface area contributed by atoms with Crippen molar-refractivity contribution in [2.24, 2.45) is 0 Å². The molecule has 108 valence electrons. The Morgan fingerprint density at radius 1 is 1.43 bits per heavy atom. The average molecular weight is 300 g/mol. The van der Waals surface area contributed by atoms with Gasteiger partial charge in [0.05, 0.1) is 12.6 Å². The molecule has 1 aromatic carbocycles. The van der Waals surface area contributed by atoms with Crippen molar-refractivity contribution in [1.29, 1.82) is 0 Å². The van der Waals surface area contributed by atoms with Crippen molar-refractivity contribution in [2.75, 3.05) is 0 Å². The van der Waals surface area contributed by atoms with E-state index in [1.54, 1.807) is 22.3 Å². The highest BCUT2D eigenvalue weighted by atomic mass is 32.1. The number of nitrogens with zero attached hydrogens (tertiary/aromatic N) is 3. The molecule has 0 aliphatic heterocycles. The summed E-state index contributed by atoms with van der Waals surface area (Å²) in [4.78, 5) is 15.9. The second-order valence-corrected chi connectivity index (χ2v) is 5.80. The van der Waals surface area contributed by atoms with Crippen LogP contribution in [0.25, 0.3) is 10.1 Å². The second kappa shape index (κ2) is 6.05. The molecule has 0 bridgehead atoms. The first kappa shape index (κ1) is 13.8. The Kier molecular flexibility index (Phi) is 3.96. The lowest BCUT2D eigenvalue weighted by Gasteiger charge is -2.13. The van der Waals surface area contributed by atoms with Crippen molar-refractivity contribution in [1.82, 2.24) is 20.1 Å². The molecule has 3 rings (SSSR count). The van der Waals surface area contributed by atoms with Crippen molar-refractivity contribution < 1.29 is 4.79 Å². The number of aryl methyl sites for hydroxylation is 1. The Balaban J connectivity index is 1.63. The zero-order valence-corrected chi connectivity index (χ0v) is 12.5. The molecule has 6 heteroatoms. The first-order chi connectivity index (χ1) is 10.2. The van der Waals surface area contributed by atoms with Gasteiger partial charge in [-0.3, -0.25) is 9.48 Å². The van der Waals surface area contributed by atoms with E-state index in [2.05, 4.69) is 32.9 Å². The zero-order valence-electron chi connectivity index (χ0n) is 11.7. The number of amides is 1. The van der Waals surface area contributed by atoms with Crippen LogP contribution in [0.15, 0.2) is 42.3 Å². The monoisotopic (exact) mass is 300 g/mol. The molecule has 1 N–H and O–H groups in total. The lowest BCUT2D eigenvalue weighted by atomic mass is 10.1. The molecule has 0 radical (unpaired) electrons. The van der Waals surface area contributed by atoms with Crippen molar-refractivity contribution in [2.45, 2.75) is 25.9 Å². The summed E-state index contributed by atoms with van der Waals surface area (Å²) in [6, 6.07) is 8.26. The first-order valence-corrected chi connectivity index (χ1v) is 7.70. The number of carbonyl (C=O) groups excluding carboxylic acids is 1. The number of carbonyl (C=O) groups is 1. The number of fused-ring (bicyclic) bond motifs is 1. The standard InChI is InChI=1S/C15H16N4OS/c1-11(13-8-21-14-5-3-2-4-12(13)14)18-15(20)6-7-19-10-16-9-17-19/h2-5,8-11H,6-7H2,1H3,(H,18,20). The predicted octanol–water partition coefficient (Wildman–Crippen LogP) is 2.76. The largest absolute Gasteiger partial charge is 0.349 e. The molecule has 0 saturated heterocycles. The number of hydrogen-bond donors (Lipinski definition) is 1. The van der Waals surface area contributed by atoms with Crippen LogP contribution in [0.2, 0.25) is 0 Å². The predicted molar refractivity (Wildman–Crippen MR) is 83.0 cm³/mol. The lowest BCUT2D eigenvalue weighted by molar-refractivity contribution is -0.122. The number of thiophene rings is 1. The van der Waals surface area contributed by atoms with Crippen molar-refractivity contribution in [3.05, 3.63) is 47.9 Å². The van der Waals surface area contributed by atoms with Gasteiger partial charge in [0.1, 0.15) is 12.7 Å². The van der Waals surface area contributed by atoms with Gasteiger partial charge in [0.15, 0.2) is 0 Å². The normalized spacial score (nSPS) is 12.4. The van der Waals surface area contributed by atoms with Gasteiger partial charge in [0.2, 0.25) is 5.91 Å². The van der Waals surface area contributed by atoms with E-state index in [1.807, 2.05) is 19.1 Å². The van der Waals surface area contributed by atoms with Crippen molar-refractivity contribution in [3.8, 4) is 0 Å². The molecule has 0 spiro atoms. The van der Waals surface area contributed by atoms with E-state index < -0.39 is 0 Å². The molecule has 2 heterocycles. The molecule has 0 aliphatic rings. The van der Waals surface area contributed by atoms with Crippen LogP contribution in [0.1, 0.15) is 24.9 Å². The molecule has 21 heavy (non-hydrogen) atoms. The van der Waals surface area contributed by atoms with E-state index in [9.17, 15) is 4.79 Å². The summed E-state index contributed by atoms with van der Waals surface area (Å²) in [6.45, 7) is 2.56. The van der Waals surface area contributed by atoms with E-state index >= 15 is 0 Å². The van der Waals surface area contributed by atoms with Crippen LogP contribution in [0.5, 0.6) is 0 Å². The van der Waals surface area contributed by atoms with Gasteiger partial charge in [0, 0.05) is 11.1 Å². The Bertz CT molecular complexity index is 735. The SMILES string of the molecule is CC(NC(=O)CCn1cncn1)c1csc2ccccc12. The number of aromatic nitrogens is 3. The summed E-state index contributed by atoms with van der Waals surface area (Å²) in [5, 5.41) is 10.4. The highest BCUT2D eigenvalue weighted by molar-refractivity contribution is 7.17. The lowest BCUT2D eigenvalue weighted by Crippen LogP contribution is -2.27. The molecule has 5 nitrogen and oxygen atoms in total. The maximum atomic E-state index is 12.0. The quantitative estimate of drug-likeness (QED) is 0.788. The molecule has 1 atom stereocenters. The molecular formula is C15H16N4OS. The summed E-state index contributed by atoms with van der Waals surface area (Å²) in [6.07, 6.45) is 3.48. The minimum atomic E-state index is 0.00407. The first-order valence-electron chi connectivity index (χ1n) is 6.82. The number of rotatable bonds is 5. The van der Waals surface area contributed by atoms with Crippen LogP contribution < -0.4 is 5.32 Å². The van der Waals surface area contributed by atoms with Gasteiger partial charge in [-0.05, 0) is 29.3 Å². The van der Waals surface area contributed by atoms with Gasteiger partial charge in [-0.1, -0.05) is 18.2 Å². The second-order valence-electron chi connectivity index (χ2n) is 4.88. The van der Waals surface area contributed by atoms with Gasteiger partial charge in [-0.25, -0.2) is 4.98 Å². The average Bonchev–Trinajstić information content (AvgIpc) is 3.14. The van der Waals surface area contributed by atoms with Gasteiger partial charge in [-0.15, -0.1) is 11.3 Å². The molecule has 1 unspecified atom stereocenters. The van der Waals surface area contributed by atoms with Gasteiger partial charge in [0.25, 0.3) is 0 Å². The summed E-state index contributed by atoms with van der Waals surface area (Å²) in [5.41, 5.74) is 1.17. The van der Waals surface area contributed by atoms with E-state index in [0.717, 1.165) is 0 Å². The Morgan fingerprint density at radius 2 is 2.29 bits per heavy atom. The Labute approximate surface area is 126 Å². The number of benzene rings is 1. The number of nitrogens with one attached hydrogen (secondary N) is 1. The summed E-state index contributed by atoms with van der Waals surface area (Å²) < 4.78 is 2.90. The highest BCUT2D eigenvalue weighted by Crippen LogP contribution is 2.29. The van der Waals surface area contributed by atoms with Crippen LogP contribution in [-0.4, -0.2) is 20.7 Å². The molecule has 1 amide bonds. The van der Waals surface area contributed by atoms with Crippen LogP contribution in [0.4, 0.5) is 0 Å². The Morgan fingerprint density at radius 3 is 3.10 bits per heavy atom. The minimum absolute atomic E-state index is 0.00407.